The van der Waals surface area contributed by atoms with E-state index in [1.165, 1.54) is 37.7 Å². The largest absolute Gasteiger partial charge is 0.375 e. The molecule has 19 heavy (non-hydrogen) atoms. The van der Waals surface area contributed by atoms with E-state index in [-0.39, 0.29) is 6.10 Å². The molecule has 2 unspecified atom stereocenters. The van der Waals surface area contributed by atoms with Gasteiger partial charge >= 0.3 is 0 Å². The first-order valence-corrected chi connectivity index (χ1v) is 7.66. The van der Waals surface area contributed by atoms with Gasteiger partial charge in [-0.1, -0.05) is 62.9 Å². The topological polar surface area (TPSA) is 21.3 Å². The predicted octanol–water partition coefficient (Wildman–Crippen LogP) is 3.93. The Kier molecular flexibility index (Phi) is 5.87. The van der Waals surface area contributed by atoms with Gasteiger partial charge in [0.2, 0.25) is 0 Å². The zero-order chi connectivity index (χ0) is 13.5. The maximum absolute atomic E-state index is 5.80. The van der Waals surface area contributed by atoms with E-state index in [4.69, 9.17) is 4.74 Å². The van der Waals surface area contributed by atoms with Crippen molar-refractivity contribution in [2.75, 3.05) is 13.7 Å². The second kappa shape index (κ2) is 7.66. The van der Waals surface area contributed by atoms with Gasteiger partial charge in [-0.2, -0.15) is 0 Å². The molecule has 2 nitrogen and oxygen atoms in total. The van der Waals surface area contributed by atoms with Crippen molar-refractivity contribution in [1.29, 1.82) is 0 Å². The van der Waals surface area contributed by atoms with E-state index in [2.05, 4.69) is 42.6 Å². The van der Waals surface area contributed by atoms with Crippen LogP contribution in [-0.4, -0.2) is 19.7 Å². The van der Waals surface area contributed by atoms with Crippen LogP contribution in [0.25, 0.3) is 0 Å². The maximum atomic E-state index is 5.80. The molecule has 1 aromatic rings. The van der Waals surface area contributed by atoms with Crippen LogP contribution in [0.2, 0.25) is 0 Å². The summed E-state index contributed by atoms with van der Waals surface area (Å²) >= 11 is 0. The van der Waals surface area contributed by atoms with Crippen LogP contribution >= 0.6 is 0 Å². The molecular formula is C17H27NO. The molecule has 1 aromatic carbocycles. The van der Waals surface area contributed by atoms with Crippen LogP contribution in [0.3, 0.4) is 0 Å². The second-order valence-electron chi connectivity index (χ2n) is 5.62. The van der Waals surface area contributed by atoms with Crippen molar-refractivity contribution in [3.63, 3.8) is 0 Å². The summed E-state index contributed by atoms with van der Waals surface area (Å²) in [7, 11) is 1.83. The molecule has 1 aliphatic rings. The van der Waals surface area contributed by atoms with Crippen molar-refractivity contribution >= 4 is 0 Å². The number of nitrogens with one attached hydrogen (secondary N) is 1. The fourth-order valence-electron chi connectivity index (χ4n) is 3.36. The van der Waals surface area contributed by atoms with Crippen LogP contribution in [0.1, 0.15) is 50.7 Å². The van der Waals surface area contributed by atoms with E-state index in [9.17, 15) is 0 Å². The molecular weight excluding hydrogens is 234 g/mol. The van der Waals surface area contributed by atoms with Crippen molar-refractivity contribution in [2.45, 2.75) is 51.2 Å². The van der Waals surface area contributed by atoms with Crippen LogP contribution in [0.15, 0.2) is 30.3 Å². The normalized spacial score (nSPS) is 19.5. The Morgan fingerprint density at radius 3 is 2.47 bits per heavy atom. The lowest BCUT2D eigenvalue weighted by Gasteiger charge is -2.29. The van der Waals surface area contributed by atoms with Gasteiger partial charge in [0.25, 0.3) is 0 Å². The quantitative estimate of drug-likeness (QED) is 0.803. The van der Waals surface area contributed by atoms with Gasteiger partial charge in [0, 0.05) is 13.2 Å². The highest BCUT2D eigenvalue weighted by Crippen LogP contribution is 2.32. The second-order valence-corrected chi connectivity index (χ2v) is 5.62. The number of hydrogen-bond donors (Lipinski definition) is 1. The Hall–Kier alpha value is -0.860. The summed E-state index contributed by atoms with van der Waals surface area (Å²) in [5, 5.41) is 3.63. The minimum atomic E-state index is 0.168. The highest BCUT2D eigenvalue weighted by molar-refractivity contribution is 5.19. The van der Waals surface area contributed by atoms with Gasteiger partial charge in [0.1, 0.15) is 0 Å². The van der Waals surface area contributed by atoms with Crippen molar-refractivity contribution in [3.05, 3.63) is 35.9 Å². The summed E-state index contributed by atoms with van der Waals surface area (Å²) in [6.07, 6.45) is 7.02. The van der Waals surface area contributed by atoms with Crippen LogP contribution in [0.4, 0.5) is 0 Å². The van der Waals surface area contributed by atoms with Gasteiger partial charge < -0.3 is 10.1 Å². The van der Waals surface area contributed by atoms with Crippen LogP contribution in [-0.2, 0) is 4.74 Å². The maximum Gasteiger partial charge on any atom is 0.0974 e. The zero-order valence-corrected chi connectivity index (χ0v) is 12.3. The molecule has 1 saturated carbocycles. The van der Waals surface area contributed by atoms with Gasteiger partial charge in [-0.25, -0.2) is 0 Å². The molecule has 2 heteroatoms. The van der Waals surface area contributed by atoms with Crippen molar-refractivity contribution in [1.82, 2.24) is 5.32 Å². The van der Waals surface area contributed by atoms with E-state index >= 15 is 0 Å². The zero-order valence-electron chi connectivity index (χ0n) is 12.3. The third-order valence-corrected chi connectivity index (χ3v) is 4.28. The Morgan fingerprint density at radius 1 is 1.21 bits per heavy atom. The monoisotopic (exact) mass is 261 g/mol. The summed E-state index contributed by atoms with van der Waals surface area (Å²) in [6.45, 7) is 3.18. The molecule has 0 aromatic heterocycles. The standard InChI is InChI=1S/C17H27NO/c1-3-18-16(13-14-9-7-8-10-14)17(19-2)15-11-5-4-6-12-15/h4-6,11-12,14,16-18H,3,7-10,13H2,1-2H3. The molecule has 1 fully saturated rings. The molecule has 0 bridgehead atoms. The number of hydrogen-bond acceptors (Lipinski definition) is 2. The lowest BCUT2D eigenvalue weighted by atomic mass is 9.91. The Morgan fingerprint density at radius 2 is 1.89 bits per heavy atom. The number of likely N-dealkylation sites (N-methyl/N-ethyl adjacent to an activating group) is 1. The average Bonchev–Trinajstić information content (AvgIpc) is 2.94. The lowest BCUT2D eigenvalue weighted by molar-refractivity contribution is 0.0597. The summed E-state index contributed by atoms with van der Waals surface area (Å²) in [5.74, 6) is 0.880. The number of benzene rings is 1. The van der Waals surface area contributed by atoms with E-state index < -0.39 is 0 Å². The third kappa shape index (κ3) is 4.05. The predicted molar refractivity (Wildman–Crippen MR) is 80.2 cm³/mol. The Bertz CT molecular complexity index is 346. The van der Waals surface area contributed by atoms with Gasteiger partial charge in [0.05, 0.1) is 6.10 Å². The van der Waals surface area contributed by atoms with Gasteiger partial charge in [0.15, 0.2) is 0 Å². The van der Waals surface area contributed by atoms with Gasteiger partial charge in [-0.15, -0.1) is 0 Å². The van der Waals surface area contributed by atoms with Crippen LogP contribution < -0.4 is 5.32 Å². The lowest BCUT2D eigenvalue weighted by Crippen LogP contribution is -2.37. The number of ether oxygens (including phenoxy) is 1. The minimum absolute atomic E-state index is 0.168. The Balaban J connectivity index is 2.06. The highest BCUT2D eigenvalue weighted by atomic mass is 16.5. The molecule has 1 aliphatic carbocycles. The van der Waals surface area contributed by atoms with Crippen molar-refractivity contribution in [2.24, 2.45) is 5.92 Å². The van der Waals surface area contributed by atoms with Gasteiger partial charge in [-0.05, 0) is 24.4 Å². The average molecular weight is 261 g/mol. The summed E-state index contributed by atoms with van der Waals surface area (Å²) in [6, 6.07) is 11.0. The first-order chi connectivity index (χ1) is 9.35. The Labute approximate surface area is 117 Å². The minimum Gasteiger partial charge on any atom is -0.375 e. The number of methoxy groups -OCH3 is 1. The third-order valence-electron chi connectivity index (χ3n) is 4.28. The van der Waals surface area contributed by atoms with E-state index in [1.807, 2.05) is 7.11 Å². The van der Waals surface area contributed by atoms with Crippen LogP contribution in [0.5, 0.6) is 0 Å². The fraction of sp³-hybridized carbons (Fsp3) is 0.647. The summed E-state index contributed by atoms with van der Waals surface area (Å²) in [4.78, 5) is 0. The van der Waals surface area contributed by atoms with Crippen LogP contribution in [0, 0.1) is 5.92 Å². The molecule has 2 rings (SSSR count). The van der Waals surface area contributed by atoms with Crippen molar-refractivity contribution < 1.29 is 4.74 Å². The molecule has 0 heterocycles. The molecule has 0 saturated heterocycles. The molecule has 0 radical (unpaired) electrons. The molecule has 0 amide bonds. The van der Waals surface area contributed by atoms with Crippen molar-refractivity contribution in [3.8, 4) is 0 Å². The molecule has 0 spiro atoms. The van der Waals surface area contributed by atoms with E-state index in [0.29, 0.717) is 6.04 Å². The molecule has 1 N–H and O–H groups in total. The van der Waals surface area contributed by atoms with E-state index in [1.54, 1.807) is 0 Å². The smallest absolute Gasteiger partial charge is 0.0974 e. The molecule has 2 atom stereocenters. The van der Waals surface area contributed by atoms with E-state index in [0.717, 1.165) is 12.5 Å². The summed E-state index contributed by atoms with van der Waals surface area (Å²) < 4.78 is 5.80. The first-order valence-electron chi connectivity index (χ1n) is 7.66. The first kappa shape index (κ1) is 14.5. The SMILES string of the molecule is CCNC(CC1CCCC1)C(OC)c1ccccc1. The molecule has 106 valence electrons. The number of rotatable bonds is 7. The fourth-order valence-corrected chi connectivity index (χ4v) is 3.36. The highest BCUT2D eigenvalue weighted by Gasteiger charge is 2.26. The van der Waals surface area contributed by atoms with Gasteiger partial charge in [-0.3, -0.25) is 0 Å². The molecule has 0 aliphatic heterocycles. The summed E-state index contributed by atoms with van der Waals surface area (Å²) in [5.41, 5.74) is 1.29.